The molecule has 0 amide bonds. The summed E-state index contributed by atoms with van der Waals surface area (Å²) in [5.74, 6) is -0.344. The average molecular weight is 492 g/mol. The Labute approximate surface area is 191 Å². The number of pyridine rings is 1. The fraction of sp³-hybridized carbons (Fsp3) is 0.125. The van der Waals surface area contributed by atoms with Crippen LogP contribution in [0, 0.1) is 5.82 Å². The van der Waals surface area contributed by atoms with Gasteiger partial charge in [-0.05, 0) is 60.0 Å². The van der Waals surface area contributed by atoms with Crippen LogP contribution < -0.4 is 5.56 Å². The van der Waals surface area contributed by atoms with Crippen LogP contribution in [0.2, 0.25) is 0 Å². The molecule has 1 atom stereocenters. The molecule has 0 saturated carbocycles. The molecule has 0 spiro atoms. The Morgan fingerprint density at radius 1 is 1.06 bits per heavy atom. The van der Waals surface area contributed by atoms with Crippen LogP contribution in [0.1, 0.15) is 18.5 Å². The van der Waals surface area contributed by atoms with Gasteiger partial charge in [-0.25, -0.2) is 4.39 Å². The standard InChI is InChI=1S/C24H19BrFN5O/c1-14(17-7-19(25)11-20(26)8-17)31-6-5-16(10-23(31)32)15-3-4-22-21(9-15)24(29-28-22)18-12-27-30(2)13-18/h3-14H,1-2H3,(H,28,29)/t14-/m1/s1. The third-order valence-electron chi connectivity index (χ3n) is 5.61. The summed E-state index contributed by atoms with van der Waals surface area (Å²) in [4.78, 5) is 12.9. The Morgan fingerprint density at radius 3 is 2.59 bits per heavy atom. The number of H-pyrrole nitrogens is 1. The lowest BCUT2D eigenvalue weighted by atomic mass is 10.0. The van der Waals surface area contributed by atoms with Crippen LogP contribution in [-0.2, 0) is 7.05 Å². The van der Waals surface area contributed by atoms with Crippen LogP contribution >= 0.6 is 15.9 Å². The van der Waals surface area contributed by atoms with E-state index in [1.165, 1.54) is 12.1 Å². The molecule has 0 saturated heterocycles. The molecule has 0 aliphatic carbocycles. The zero-order valence-corrected chi connectivity index (χ0v) is 19.0. The molecule has 2 aromatic carbocycles. The number of aryl methyl sites for hydroxylation is 1. The van der Waals surface area contributed by atoms with Gasteiger partial charge in [-0.15, -0.1) is 0 Å². The first-order valence-electron chi connectivity index (χ1n) is 10.0. The maximum absolute atomic E-state index is 13.8. The second-order valence-electron chi connectivity index (χ2n) is 7.77. The van der Waals surface area contributed by atoms with Crippen LogP contribution in [0.15, 0.2) is 76.4 Å². The third kappa shape index (κ3) is 3.67. The number of hydrogen-bond acceptors (Lipinski definition) is 3. The van der Waals surface area contributed by atoms with Crippen LogP contribution in [0.5, 0.6) is 0 Å². The van der Waals surface area contributed by atoms with Crippen LogP contribution in [0.3, 0.4) is 0 Å². The smallest absolute Gasteiger partial charge is 0.251 e. The summed E-state index contributed by atoms with van der Waals surface area (Å²) in [5.41, 5.74) is 4.91. The van der Waals surface area contributed by atoms with Gasteiger partial charge < -0.3 is 4.57 Å². The van der Waals surface area contributed by atoms with Crippen molar-refractivity contribution in [2.24, 2.45) is 7.05 Å². The molecule has 0 fully saturated rings. The average Bonchev–Trinajstić information content (AvgIpc) is 3.37. The molecule has 8 heteroatoms. The molecule has 1 N–H and O–H groups in total. The lowest BCUT2D eigenvalue weighted by Crippen LogP contribution is -2.22. The van der Waals surface area contributed by atoms with Crippen molar-refractivity contribution in [3.05, 3.63) is 93.3 Å². The number of fused-ring (bicyclic) bond motifs is 1. The number of benzene rings is 2. The van der Waals surface area contributed by atoms with Gasteiger partial charge in [0.25, 0.3) is 5.56 Å². The molecule has 0 aliphatic rings. The zero-order chi connectivity index (χ0) is 22.4. The van der Waals surface area contributed by atoms with Gasteiger partial charge in [0.05, 0.1) is 17.8 Å². The van der Waals surface area contributed by atoms with Gasteiger partial charge >= 0.3 is 0 Å². The first kappa shape index (κ1) is 20.4. The molecule has 32 heavy (non-hydrogen) atoms. The Balaban J connectivity index is 1.53. The lowest BCUT2D eigenvalue weighted by Gasteiger charge is -2.16. The van der Waals surface area contributed by atoms with Gasteiger partial charge in [-0.3, -0.25) is 14.6 Å². The predicted molar refractivity (Wildman–Crippen MR) is 126 cm³/mol. The van der Waals surface area contributed by atoms with Crippen molar-refractivity contribution in [2.45, 2.75) is 13.0 Å². The first-order chi connectivity index (χ1) is 15.4. The molecule has 0 aliphatic heterocycles. The molecular formula is C24H19BrFN5O. The quantitative estimate of drug-likeness (QED) is 0.370. The summed E-state index contributed by atoms with van der Waals surface area (Å²) in [5, 5.41) is 12.7. The third-order valence-corrected chi connectivity index (χ3v) is 6.07. The van der Waals surface area contributed by atoms with Gasteiger partial charge in [0.1, 0.15) is 11.5 Å². The van der Waals surface area contributed by atoms with Crippen molar-refractivity contribution < 1.29 is 4.39 Å². The van der Waals surface area contributed by atoms with Crippen LogP contribution in [-0.4, -0.2) is 24.5 Å². The normalized spacial score (nSPS) is 12.4. The second kappa shape index (κ2) is 7.87. The van der Waals surface area contributed by atoms with Crippen molar-refractivity contribution in [1.29, 1.82) is 0 Å². The summed E-state index contributed by atoms with van der Waals surface area (Å²) in [6.07, 6.45) is 5.44. The van der Waals surface area contributed by atoms with Crippen molar-refractivity contribution >= 4 is 26.8 Å². The molecule has 160 valence electrons. The number of halogens is 2. The minimum absolute atomic E-state index is 0.157. The minimum Gasteiger partial charge on any atom is -0.308 e. The van der Waals surface area contributed by atoms with E-state index in [9.17, 15) is 9.18 Å². The van der Waals surface area contributed by atoms with E-state index in [1.54, 1.807) is 27.7 Å². The molecule has 3 heterocycles. The summed E-state index contributed by atoms with van der Waals surface area (Å²) in [6.45, 7) is 1.87. The zero-order valence-electron chi connectivity index (χ0n) is 17.4. The number of rotatable bonds is 4. The Bertz CT molecular complexity index is 1500. The Hall–Kier alpha value is -3.52. The number of hydrogen-bond donors (Lipinski definition) is 1. The van der Waals surface area contributed by atoms with E-state index in [0.29, 0.717) is 10.0 Å². The molecule has 5 rings (SSSR count). The number of nitrogens with one attached hydrogen (secondary N) is 1. The van der Waals surface area contributed by atoms with Gasteiger partial charge in [-0.2, -0.15) is 10.2 Å². The molecule has 5 aromatic rings. The van der Waals surface area contributed by atoms with Crippen molar-refractivity contribution in [1.82, 2.24) is 24.5 Å². The minimum atomic E-state index is -0.344. The summed E-state index contributed by atoms with van der Waals surface area (Å²) < 4.78 is 17.8. The highest BCUT2D eigenvalue weighted by molar-refractivity contribution is 9.10. The van der Waals surface area contributed by atoms with Crippen molar-refractivity contribution in [3.63, 3.8) is 0 Å². The van der Waals surface area contributed by atoms with Crippen molar-refractivity contribution in [2.75, 3.05) is 0 Å². The molecule has 0 radical (unpaired) electrons. The van der Waals surface area contributed by atoms with Gasteiger partial charge in [0.15, 0.2) is 0 Å². The maximum atomic E-state index is 13.8. The van der Waals surface area contributed by atoms with E-state index in [0.717, 1.165) is 33.3 Å². The Kier molecular flexibility index (Phi) is 5.01. The van der Waals surface area contributed by atoms with Crippen LogP contribution in [0.25, 0.3) is 33.3 Å². The van der Waals surface area contributed by atoms with Crippen LogP contribution in [0.4, 0.5) is 4.39 Å². The SMILES string of the molecule is C[C@H](c1cc(F)cc(Br)c1)n1ccc(-c2ccc3[nH]nc(-c4cnn(C)c4)c3c2)cc1=O. The van der Waals surface area contributed by atoms with Gasteiger partial charge in [-0.1, -0.05) is 22.0 Å². The molecular weight excluding hydrogens is 473 g/mol. The summed E-state index contributed by atoms with van der Waals surface area (Å²) in [7, 11) is 1.86. The van der Waals surface area contributed by atoms with Crippen molar-refractivity contribution in [3.8, 4) is 22.4 Å². The fourth-order valence-electron chi connectivity index (χ4n) is 3.92. The number of nitrogens with zero attached hydrogens (tertiary/aromatic N) is 4. The van der Waals surface area contributed by atoms with E-state index in [4.69, 9.17) is 0 Å². The number of aromatic nitrogens is 5. The highest BCUT2D eigenvalue weighted by atomic mass is 79.9. The van der Waals surface area contributed by atoms with E-state index in [1.807, 2.05) is 50.5 Å². The lowest BCUT2D eigenvalue weighted by molar-refractivity contribution is 0.592. The van der Waals surface area contributed by atoms with E-state index < -0.39 is 0 Å². The predicted octanol–water partition coefficient (Wildman–Crippen LogP) is 5.30. The number of aromatic amines is 1. The molecule has 0 unspecified atom stereocenters. The molecule has 3 aromatic heterocycles. The summed E-state index contributed by atoms with van der Waals surface area (Å²) >= 11 is 3.31. The highest BCUT2D eigenvalue weighted by Crippen LogP contribution is 2.30. The second-order valence-corrected chi connectivity index (χ2v) is 8.69. The highest BCUT2D eigenvalue weighted by Gasteiger charge is 2.14. The van der Waals surface area contributed by atoms with Gasteiger partial charge in [0, 0.05) is 40.9 Å². The summed E-state index contributed by atoms with van der Waals surface area (Å²) in [6, 6.07) is 13.8. The molecule has 0 bridgehead atoms. The monoisotopic (exact) mass is 491 g/mol. The fourth-order valence-corrected chi connectivity index (χ4v) is 4.41. The first-order valence-corrected chi connectivity index (χ1v) is 10.8. The topological polar surface area (TPSA) is 68.5 Å². The van der Waals surface area contributed by atoms with Gasteiger partial charge in [0.2, 0.25) is 0 Å². The largest absolute Gasteiger partial charge is 0.308 e. The molecule has 6 nitrogen and oxygen atoms in total. The van der Waals surface area contributed by atoms with E-state index in [-0.39, 0.29) is 17.4 Å². The van der Waals surface area contributed by atoms with E-state index >= 15 is 0 Å². The Morgan fingerprint density at radius 2 is 1.88 bits per heavy atom. The maximum Gasteiger partial charge on any atom is 0.251 e. The van der Waals surface area contributed by atoms with E-state index in [2.05, 4.69) is 31.2 Å².